The number of hydrogen-bond acceptors (Lipinski definition) is 1. The molecule has 1 saturated carbocycles. The maximum atomic E-state index is 13.7. The van der Waals surface area contributed by atoms with Gasteiger partial charge in [0.2, 0.25) is 0 Å². The van der Waals surface area contributed by atoms with E-state index in [1.807, 2.05) is 0 Å². The lowest BCUT2D eigenvalue weighted by molar-refractivity contribution is 0.0935. The Morgan fingerprint density at radius 2 is 2.17 bits per heavy atom. The fourth-order valence-corrected chi connectivity index (χ4v) is 2.52. The molecule has 0 spiro atoms. The number of halogens is 2. The Hall–Kier alpha value is -0.900. The summed E-state index contributed by atoms with van der Waals surface area (Å²) in [5.74, 6) is -0.282. The number of nitrogens with one attached hydrogen (secondary N) is 1. The monoisotopic (exact) mass is 313 g/mol. The zero-order valence-corrected chi connectivity index (χ0v) is 12.2. The minimum absolute atomic E-state index is 0.101. The van der Waals surface area contributed by atoms with Crippen LogP contribution in [0.5, 0.6) is 0 Å². The highest BCUT2D eigenvalue weighted by molar-refractivity contribution is 9.10. The molecule has 2 nitrogen and oxygen atoms in total. The number of amides is 1. The molecule has 0 bridgehead atoms. The zero-order valence-electron chi connectivity index (χ0n) is 10.6. The molecule has 0 aliphatic heterocycles. The molecule has 2 rings (SSSR count). The maximum Gasteiger partial charge on any atom is 0.254 e. The summed E-state index contributed by atoms with van der Waals surface area (Å²) in [5.41, 5.74) is 0.335. The Morgan fingerprint density at radius 1 is 1.50 bits per heavy atom. The topological polar surface area (TPSA) is 29.1 Å². The molecule has 4 heteroatoms. The second kappa shape index (κ2) is 5.00. The first-order valence-corrected chi connectivity index (χ1v) is 6.98. The second-order valence-electron chi connectivity index (χ2n) is 5.30. The molecule has 1 aromatic carbocycles. The number of carbonyl (C=O) groups is 1. The molecule has 1 N–H and O–H groups in total. The van der Waals surface area contributed by atoms with Gasteiger partial charge in [-0.25, -0.2) is 4.39 Å². The highest BCUT2D eigenvalue weighted by Crippen LogP contribution is 2.51. The van der Waals surface area contributed by atoms with Crippen LogP contribution < -0.4 is 5.32 Å². The van der Waals surface area contributed by atoms with E-state index in [0.717, 1.165) is 12.8 Å². The van der Waals surface area contributed by atoms with Gasteiger partial charge in [-0.1, -0.05) is 19.9 Å². The first-order chi connectivity index (χ1) is 8.46. The molecule has 1 fully saturated rings. The Morgan fingerprint density at radius 3 is 2.72 bits per heavy atom. The van der Waals surface area contributed by atoms with Gasteiger partial charge in [-0.05, 0) is 52.2 Å². The molecule has 0 heterocycles. The van der Waals surface area contributed by atoms with Crippen LogP contribution in [0.4, 0.5) is 4.39 Å². The molecule has 0 aromatic heterocycles. The predicted octanol–water partition coefficient (Wildman–Crippen LogP) is 3.75. The lowest BCUT2D eigenvalue weighted by Gasteiger charge is -2.20. The third kappa shape index (κ3) is 2.58. The van der Waals surface area contributed by atoms with E-state index in [1.165, 1.54) is 6.07 Å². The number of hydrogen-bond donors (Lipinski definition) is 1. The fourth-order valence-electron chi connectivity index (χ4n) is 2.15. The molecular weight excluding hydrogens is 297 g/mol. The number of rotatable bonds is 4. The molecule has 1 aliphatic carbocycles. The summed E-state index contributed by atoms with van der Waals surface area (Å²) in [6.07, 6.45) is 2.29. The van der Waals surface area contributed by atoms with Gasteiger partial charge in [0.05, 0.1) is 10.0 Å². The summed E-state index contributed by atoms with van der Waals surface area (Å²) < 4.78 is 14.1. The predicted molar refractivity (Wildman–Crippen MR) is 72.9 cm³/mol. The van der Waals surface area contributed by atoms with Crippen LogP contribution in [0.15, 0.2) is 22.7 Å². The van der Waals surface area contributed by atoms with Crippen LogP contribution in [0.25, 0.3) is 0 Å². The Bertz CT molecular complexity index is 469. The Kier molecular flexibility index (Phi) is 3.76. The van der Waals surface area contributed by atoms with Gasteiger partial charge in [0, 0.05) is 6.54 Å². The lowest BCUT2D eigenvalue weighted by Crippen LogP contribution is -2.33. The third-order valence-corrected chi connectivity index (χ3v) is 4.53. The van der Waals surface area contributed by atoms with Gasteiger partial charge < -0.3 is 5.32 Å². The quantitative estimate of drug-likeness (QED) is 0.901. The van der Waals surface area contributed by atoms with Crippen molar-refractivity contribution in [3.63, 3.8) is 0 Å². The van der Waals surface area contributed by atoms with Crippen LogP contribution in [-0.2, 0) is 0 Å². The van der Waals surface area contributed by atoms with Crippen LogP contribution in [0.1, 0.15) is 37.0 Å². The first-order valence-electron chi connectivity index (χ1n) is 6.18. The van der Waals surface area contributed by atoms with Crippen LogP contribution in [0, 0.1) is 17.2 Å². The van der Waals surface area contributed by atoms with Crippen molar-refractivity contribution in [3.8, 4) is 0 Å². The normalized spacial score (nSPS) is 16.7. The summed E-state index contributed by atoms with van der Waals surface area (Å²) in [7, 11) is 0. The Balaban J connectivity index is 2.03. The van der Waals surface area contributed by atoms with Crippen molar-refractivity contribution in [1.82, 2.24) is 5.32 Å². The van der Waals surface area contributed by atoms with E-state index >= 15 is 0 Å². The SMILES string of the molecule is CC(C)C1(CNC(=O)c2cccc(Br)c2F)CC1. The average Bonchev–Trinajstić information content (AvgIpc) is 3.11. The van der Waals surface area contributed by atoms with E-state index in [0.29, 0.717) is 16.9 Å². The first kappa shape index (κ1) is 13.5. The van der Waals surface area contributed by atoms with E-state index < -0.39 is 5.82 Å². The van der Waals surface area contributed by atoms with Gasteiger partial charge in [-0.15, -0.1) is 0 Å². The molecule has 1 aromatic rings. The highest BCUT2D eigenvalue weighted by atomic mass is 79.9. The van der Waals surface area contributed by atoms with Crippen molar-refractivity contribution in [1.29, 1.82) is 0 Å². The van der Waals surface area contributed by atoms with E-state index in [1.54, 1.807) is 12.1 Å². The van der Waals surface area contributed by atoms with Gasteiger partial charge >= 0.3 is 0 Å². The van der Waals surface area contributed by atoms with E-state index in [-0.39, 0.29) is 16.9 Å². The van der Waals surface area contributed by atoms with E-state index in [2.05, 4.69) is 35.1 Å². The van der Waals surface area contributed by atoms with Gasteiger partial charge in [0.25, 0.3) is 5.91 Å². The van der Waals surface area contributed by atoms with Crippen LogP contribution in [0.2, 0.25) is 0 Å². The second-order valence-corrected chi connectivity index (χ2v) is 6.16. The minimum atomic E-state index is -0.496. The fraction of sp³-hybridized carbons (Fsp3) is 0.500. The van der Waals surface area contributed by atoms with Crippen LogP contribution in [0.3, 0.4) is 0 Å². The molecule has 98 valence electrons. The minimum Gasteiger partial charge on any atom is -0.351 e. The molecular formula is C14H17BrFNO. The van der Waals surface area contributed by atoms with Gasteiger partial charge in [-0.3, -0.25) is 4.79 Å². The van der Waals surface area contributed by atoms with Gasteiger partial charge in [0.15, 0.2) is 0 Å². The van der Waals surface area contributed by atoms with Gasteiger partial charge in [0.1, 0.15) is 5.82 Å². The van der Waals surface area contributed by atoms with Crippen molar-refractivity contribution < 1.29 is 9.18 Å². The summed E-state index contributed by atoms with van der Waals surface area (Å²) >= 11 is 3.09. The molecule has 1 amide bonds. The van der Waals surface area contributed by atoms with Crippen molar-refractivity contribution in [3.05, 3.63) is 34.1 Å². The van der Waals surface area contributed by atoms with E-state index in [9.17, 15) is 9.18 Å². The summed E-state index contributed by atoms with van der Waals surface area (Å²) in [6, 6.07) is 4.75. The van der Waals surface area contributed by atoms with Crippen molar-refractivity contribution in [2.24, 2.45) is 11.3 Å². The molecule has 0 saturated heterocycles. The molecule has 1 aliphatic rings. The zero-order chi connectivity index (χ0) is 13.3. The van der Waals surface area contributed by atoms with Crippen molar-refractivity contribution in [2.45, 2.75) is 26.7 Å². The van der Waals surface area contributed by atoms with Crippen molar-refractivity contribution >= 4 is 21.8 Å². The van der Waals surface area contributed by atoms with Crippen LogP contribution >= 0.6 is 15.9 Å². The summed E-state index contributed by atoms with van der Waals surface area (Å²) in [4.78, 5) is 11.9. The average molecular weight is 314 g/mol. The summed E-state index contributed by atoms with van der Waals surface area (Å²) in [5, 5.41) is 2.85. The molecule has 0 unspecified atom stereocenters. The highest BCUT2D eigenvalue weighted by Gasteiger charge is 2.45. The standard InChI is InChI=1S/C14H17BrFNO/c1-9(2)14(6-7-14)8-17-13(18)10-4-3-5-11(15)12(10)16/h3-5,9H,6-8H2,1-2H3,(H,17,18). The van der Waals surface area contributed by atoms with E-state index in [4.69, 9.17) is 0 Å². The van der Waals surface area contributed by atoms with Crippen molar-refractivity contribution in [2.75, 3.05) is 6.54 Å². The molecule has 18 heavy (non-hydrogen) atoms. The smallest absolute Gasteiger partial charge is 0.254 e. The largest absolute Gasteiger partial charge is 0.351 e. The van der Waals surface area contributed by atoms with Crippen LogP contribution in [-0.4, -0.2) is 12.5 Å². The lowest BCUT2D eigenvalue weighted by atomic mass is 9.92. The third-order valence-electron chi connectivity index (χ3n) is 3.91. The Labute approximate surface area is 115 Å². The van der Waals surface area contributed by atoms with Gasteiger partial charge in [-0.2, -0.15) is 0 Å². The summed E-state index contributed by atoms with van der Waals surface area (Å²) in [6.45, 7) is 4.97. The number of carbonyl (C=O) groups excluding carboxylic acids is 1. The molecule has 0 radical (unpaired) electrons. The molecule has 0 atom stereocenters. The number of benzene rings is 1. The maximum absolute atomic E-state index is 13.7.